The van der Waals surface area contributed by atoms with Gasteiger partial charge in [-0.25, -0.2) is 29.9 Å². The Morgan fingerprint density at radius 1 is 0.135 bits per heavy atom. The van der Waals surface area contributed by atoms with Gasteiger partial charge in [-0.1, -0.05) is 273 Å². The fourth-order valence-electron chi connectivity index (χ4n) is 21.1. The van der Waals surface area contributed by atoms with E-state index >= 15 is 0 Å². The highest BCUT2D eigenvalue weighted by Gasteiger charge is 2.25. The van der Waals surface area contributed by atoms with E-state index in [1.165, 1.54) is 0 Å². The molecule has 0 amide bonds. The zero-order valence-electron chi connectivity index (χ0n) is 75.5. The predicted molar refractivity (Wildman–Crippen MR) is 597 cm³/mol. The summed E-state index contributed by atoms with van der Waals surface area (Å²) >= 11 is 5.25. The van der Waals surface area contributed by atoms with Crippen LogP contribution in [0.3, 0.4) is 0 Å². The molecule has 0 radical (unpaired) electrons. The summed E-state index contributed by atoms with van der Waals surface area (Å²) in [5.41, 5.74) is 38.1. The van der Waals surface area contributed by atoms with Crippen molar-refractivity contribution in [3.63, 3.8) is 0 Å². The summed E-state index contributed by atoms with van der Waals surface area (Å²) in [4.78, 5) is 60.1. The summed E-state index contributed by atoms with van der Waals surface area (Å²) < 4.78 is 6.14. The van der Waals surface area contributed by atoms with Gasteiger partial charge in [-0.15, -0.1) is 34.0 Å². The lowest BCUT2D eigenvalue weighted by Gasteiger charge is -2.05. The van der Waals surface area contributed by atoms with Crippen molar-refractivity contribution >= 4 is 230 Å². The van der Waals surface area contributed by atoms with Gasteiger partial charge in [0.15, 0.2) is 0 Å². The second-order valence-electron chi connectivity index (χ2n) is 35.9. The quantitative estimate of drug-likeness (QED) is 0.0840. The van der Waals surface area contributed by atoms with Gasteiger partial charge in [-0.05, 0) is 214 Å². The number of benzene rings is 9. The number of H-pyrrole nitrogens is 6. The van der Waals surface area contributed by atoms with Crippen molar-refractivity contribution in [1.82, 2.24) is 59.8 Å². The first kappa shape index (κ1) is 81.3. The number of thiophene rings is 3. The maximum absolute atomic E-state index is 6.05. The van der Waals surface area contributed by atoms with E-state index in [0.29, 0.717) is 0 Å². The van der Waals surface area contributed by atoms with E-state index in [9.17, 15) is 0 Å². The van der Waals surface area contributed by atoms with Crippen LogP contribution in [0.25, 0.3) is 296 Å². The number of hydrogen-bond acceptors (Lipinski definition) is 9. The lowest BCUT2D eigenvalue weighted by atomic mass is 10.0. The van der Waals surface area contributed by atoms with Gasteiger partial charge in [-0.3, -0.25) is 0 Å². The topological polar surface area (TPSA) is 172 Å². The molecule has 25 aromatic rings. The third-order valence-electron chi connectivity index (χ3n) is 27.5. The molecule has 9 aromatic carbocycles. The number of fused-ring (bicyclic) bond motifs is 30. The van der Waals surface area contributed by atoms with Crippen LogP contribution in [0.2, 0.25) is 0 Å². The predicted octanol–water partition coefficient (Wildman–Crippen LogP) is 34.7. The number of aromatic nitrogens is 12. The van der Waals surface area contributed by atoms with E-state index in [2.05, 4.69) is 467 Å². The Bertz CT molecular complexity index is 9230. The van der Waals surface area contributed by atoms with Crippen LogP contribution in [0, 0.1) is 0 Å². The lowest BCUT2D eigenvalue weighted by molar-refractivity contribution is 1.32. The first-order valence-corrected chi connectivity index (χ1v) is 49.7. The fraction of sp³-hybridized carbons (Fsp3) is 0. The minimum Gasteiger partial charge on any atom is -0.354 e. The van der Waals surface area contributed by atoms with E-state index in [-0.39, 0.29) is 0 Å². The SMILES string of the molecule is C1=Cc2nc1c(-c1ccccc1)c1ccc([nH]1)c(-c1ccccc1)c1cc3c(cc4[nH]c(cc4c4ccc(s4)c4cc5nc4cc4[nH]c(cc4c4ccc(s4)c4cc6nc4cc4[nH]c(cc4c4ccc3s4)c(-c3ccccc3)c3nc(c(-c4ccccc4)c4ccc([nH]4)c6-c4ccccc4)C=C3)c(-c3ccccc3)c3nc(c(-c4ccccc4)c4ccc([nH]4)c5-c4ccccc4)C=C3)c2-c2ccccc2)n1. The van der Waals surface area contributed by atoms with Crippen LogP contribution in [0.4, 0.5) is 0 Å². The number of aromatic amines is 6. The first-order valence-electron chi connectivity index (χ1n) is 47.2. The van der Waals surface area contributed by atoms with Crippen molar-refractivity contribution in [2.24, 2.45) is 0 Å². The normalized spacial score (nSPS) is 12.2. The van der Waals surface area contributed by atoms with Gasteiger partial charge in [0.05, 0.1) is 67.3 Å². The Kier molecular flexibility index (Phi) is 19.3. The van der Waals surface area contributed by atoms with Crippen molar-refractivity contribution in [2.45, 2.75) is 0 Å². The van der Waals surface area contributed by atoms with Crippen molar-refractivity contribution in [3.8, 4) is 100 Å². The van der Waals surface area contributed by atoms with E-state index in [1.807, 2.05) is 0 Å². The third kappa shape index (κ3) is 14.2. The van der Waals surface area contributed by atoms with Crippen LogP contribution < -0.4 is 0 Å². The van der Waals surface area contributed by atoms with Gasteiger partial charge in [0.2, 0.25) is 0 Å². The molecule has 0 aliphatic carbocycles. The van der Waals surface area contributed by atoms with Crippen molar-refractivity contribution in [2.75, 3.05) is 0 Å². The average molecular weight is 1860 g/mol. The molecule has 0 atom stereocenters. The molecule has 30 bridgehead atoms. The molecule has 12 nitrogen and oxygen atoms in total. The first-order chi connectivity index (χ1) is 69.8. The number of hydrogen-bond donors (Lipinski definition) is 6. The molecule has 0 saturated heterocycles. The van der Waals surface area contributed by atoms with Gasteiger partial charge in [0, 0.05) is 177 Å². The Labute approximate surface area is 818 Å². The molecule has 16 aromatic heterocycles. The molecule has 28 rings (SSSR count). The average Bonchev–Trinajstić information content (AvgIpc) is 1.59. The van der Waals surface area contributed by atoms with Gasteiger partial charge in [-0.2, -0.15) is 0 Å². The third-order valence-corrected chi connectivity index (χ3v) is 30.9. The molecule has 660 valence electrons. The molecule has 19 heterocycles. The van der Waals surface area contributed by atoms with E-state index in [4.69, 9.17) is 29.9 Å². The van der Waals surface area contributed by atoms with E-state index < -0.39 is 0 Å². The summed E-state index contributed by atoms with van der Waals surface area (Å²) in [5.74, 6) is 0. The van der Waals surface area contributed by atoms with Crippen LogP contribution >= 0.6 is 34.0 Å². The Morgan fingerprint density at radius 2 is 0.312 bits per heavy atom. The van der Waals surface area contributed by atoms with Gasteiger partial charge >= 0.3 is 0 Å². The summed E-state index contributed by atoms with van der Waals surface area (Å²) in [6, 6.07) is 144. The maximum atomic E-state index is 6.05. The molecular weight excluding hydrogens is 1780 g/mol. The zero-order chi connectivity index (χ0) is 92.7. The molecule has 0 fully saturated rings. The summed E-state index contributed by atoms with van der Waals surface area (Å²) in [6.07, 6.45) is 13.1. The smallest absolute Gasteiger partial charge is 0.0745 e. The van der Waals surface area contributed by atoms with Crippen molar-refractivity contribution in [3.05, 3.63) is 435 Å². The molecule has 0 spiro atoms. The minimum atomic E-state index is 0.778. The highest BCUT2D eigenvalue weighted by atomic mass is 32.1. The van der Waals surface area contributed by atoms with Gasteiger partial charge in [0.25, 0.3) is 0 Å². The molecule has 6 N–H and O–H groups in total. The molecule has 0 saturated carbocycles. The van der Waals surface area contributed by atoms with E-state index in [0.717, 1.165) is 294 Å². The minimum absolute atomic E-state index is 0.778. The van der Waals surface area contributed by atoms with Crippen LogP contribution in [-0.4, -0.2) is 59.8 Å². The molecule has 3 aliphatic heterocycles. The van der Waals surface area contributed by atoms with Gasteiger partial charge < -0.3 is 29.9 Å². The summed E-state index contributed by atoms with van der Waals surface area (Å²) in [5, 5.41) is 5.82. The molecule has 141 heavy (non-hydrogen) atoms. The van der Waals surface area contributed by atoms with E-state index in [1.54, 1.807) is 34.0 Å². The Morgan fingerprint density at radius 3 is 0.525 bits per heavy atom. The number of nitrogens with one attached hydrogen (secondary N) is 6. The standard InChI is InChI=1S/C126H78N12S3/c1-10-28-73(29-11-1)118-88-46-52-94(127-88)121(76-34-16-4-17-35-76)106-64-82-100(133-106)70-101-83(65-107(134-101)122(77-36-18-5-19-37-77)95-53-47-89(118)128-95)113-59-61-115(140-113)85-67-109-124(79-40-22-7-23-41-79)97-55-49-91(130-97)120(75-32-14-3-15-33-75)93-51-57-99(132-93)126(81-44-26-9-27-45-81)111-69-87(105(138-111)72-103(85)136-109)117-63-62-116(141-117)86-68-110-125(80-42-24-8-25-43-80)98-56-50-92(131-98)119(74-30-12-2-13-31-74)90-48-54-96(129-90)123(78-38-20-6-21-39-78)108-66-84(114-60-58-112(82)139-114)102(135-108)71-104(86)137-110/h1-72,127,130-131,134-135,138H. The molecule has 3 aliphatic rings. The zero-order valence-corrected chi connectivity index (χ0v) is 77.9. The molecule has 0 unspecified atom stereocenters. The van der Waals surface area contributed by atoms with Crippen LogP contribution in [-0.2, 0) is 0 Å². The highest BCUT2D eigenvalue weighted by molar-refractivity contribution is 7.26. The summed E-state index contributed by atoms with van der Waals surface area (Å²) in [7, 11) is 0. The summed E-state index contributed by atoms with van der Waals surface area (Å²) in [6.45, 7) is 0. The van der Waals surface area contributed by atoms with Crippen LogP contribution in [0.5, 0.6) is 0 Å². The maximum Gasteiger partial charge on any atom is 0.0745 e. The second kappa shape index (κ2) is 33.4. The molecule has 15 heteroatoms. The Balaban J connectivity index is 0.858. The molecular formula is C126H78N12S3. The number of nitrogens with zero attached hydrogens (tertiary/aromatic N) is 6. The largest absolute Gasteiger partial charge is 0.354 e. The monoisotopic (exact) mass is 1850 g/mol. The lowest BCUT2D eigenvalue weighted by Crippen LogP contribution is -1.87. The van der Waals surface area contributed by atoms with Crippen LogP contribution in [0.1, 0.15) is 34.2 Å². The van der Waals surface area contributed by atoms with Crippen molar-refractivity contribution < 1.29 is 0 Å². The second-order valence-corrected chi connectivity index (χ2v) is 39.2. The van der Waals surface area contributed by atoms with Crippen molar-refractivity contribution in [1.29, 1.82) is 0 Å². The Hall–Kier alpha value is -18.1. The fourth-order valence-corrected chi connectivity index (χ4v) is 24.2. The highest BCUT2D eigenvalue weighted by Crippen LogP contribution is 2.47. The van der Waals surface area contributed by atoms with Crippen LogP contribution in [0.15, 0.2) is 400 Å². The number of rotatable bonds is 9. The van der Waals surface area contributed by atoms with Gasteiger partial charge in [0.1, 0.15) is 0 Å².